The van der Waals surface area contributed by atoms with Crippen LogP contribution in [0.15, 0.2) is 0 Å². The largest absolute Gasteiger partial charge is 0.0625 e. The highest BCUT2D eigenvalue weighted by atomic mass is 14.6. The third-order valence-electron chi connectivity index (χ3n) is 5.14. The molecule has 13 heavy (non-hydrogen) atoms. The fraction of sp³-hybridized carbons (Fsp3) is 1.00. The predicted octanol–water partition coefficient (Wildman–Crippen LogP) is 3.71. The highest BCUT2D eigenvalue weighted by molar-refractivity contribution is 5.01. The van der Waals surface area contributed by atoms with E-state index < -0.39 is 0 Å². The second-order valence-electron chi connectivity index (χ2n) is 6.12. The van der Waals surface area contributed by atoms with E-state index in [9.17, 15) is 0 Å². The maximum atomic E-state index is 2.48. The van der Waals surface area contributed by atoms with Crippen LogP contribution in [0.25, 0.3) is 0 Å². The van der Waals surface area contributed by atoms with Crippen molar-refractivity contribution in [2.24, 2.45) is 35.5 Å². The number of rotatable bonds is 1. The van der Waals surface area contributed by atoms with Crippen molar-refractivity contribution in [3.63, 3.8) is 0 Å². The molecule has 3 aliphatic rings. The Morgan fingerprint density at radius 1 is 0.769 bits per heavy atom. The molecule has 0 radical (unpaired) electrons. The molecule has 0 N–H and O–H groups in total. The van der Waals surface area contributed by atoms with Crippen molar-refractivity contribution in [2.75, 3.05) is 0 Å². The molecule has 0 heteroatoms. The summed E-state index contributed by atoms with van der Waals surface area (Å²) in [5.74, 6) is 6.75. The van der Waals surface area contributed by atoms with Crippen LogP contribution >= 0.6 is 0 Å². The van der Waals surface area contributed by atoms with Crippen molar-refractivity contribution in [2.45, 2.75) is 46.0 Å². The molecule has 0 amide bonds. The van der Waals surface area contributed by atoms with Gasteiger partial charge in [-0.05, 0) is 61.2 Å². The molecule has 0 aliphatic heterocycles. The minimum atomic E-state index is 1.04. The average molecular weight is 178 g/mol. The van der Waals surface area contributed by atoms with Gasteiger partial charge in [0.25, 0.3) is 0 Å². The first-order valence-electron chi connectivity index (χ1n) is 6.25. The molecule has 0 heterocycles. The summed E-state index contributed by atoms with van der Waals surface area (Å²) in [5.41, 5.74) is 0. The summed E-state index contributed by atoms with van der Waals surface area (Å²) in [7, 11) is 0. The Balaban J connectivity index is 1.69. The van der Waals surface area contributed by atoms with Crippen LogP contribution in [0.5, 0.6) is 0 Å². The molecule has 0 spiro atoms. The quantitative estimate of drug-likeness (QED) is 0.574. The molecule has 3 saturated carbocycles. The van der Waals surface area contributed by atoms with E-state index in [0.717, 1.165) is 23.7 Å². The van der Waals surface area contributed by atoms with Gasteiger partial charge >= 0.3 is 0 Å². The van der Waals surface area contributed by atoms with Gasteiger partial charge in [-0.2, -0.15) is 0 Å². The lowest BCUT2D eigenvalue weighted by atomic mass is 9.62. The van der Waals surface area contributed by atoms with Crippen LogP contribution in [-0.2, 0) is 0 Å². The van der Waals surface area contributed by atoms with Crippen LogP contribution in [0.3, 0.4) is 0 Å². The maximum absolute atomic E-state index is 2.48. The summed E-state index contributed by atoms with van der Waals surface area (Å²) in [4.78, 5) is 0. The van der Waals surface area contributed by atoms with E-state index in [-0.39, 0.29) is 0 Å². The van der Waals surface area contributed by atoms with Gasteiger partial charge in [-0.25, -0.2) is 0 Å². The fourth-order valence-corrected chi connectivity index (χ4v) is 4.14. The van der Waals surface area contributed by atoms with Crippen LogP contribution < -0.4 is 0 Å². The minimum absolute atomic E-state index is 1.04. The molecule has 0 aromatic heterocycles. The zero-order valence-electron chi connectivity index (χ0n) is 9.00. The highest BCUT2D eigenvalue weighted by Crippen LogP contribution is 2.60. The molecule has 6 unspecified atom stereocenters. The van der Waals surface area contributed by atoms with Gasteiger partial charge in [-0.3, -0.25) is 0 Å². The van der Waals surface area contributed by atoms with Gasteiger partial charge in [-0.1, -0.05) is 20.3 Å². The Bertz CT molecular complexity index is 208. The van der Waals surface area contributed by atoms with E-state index in [1.165, 1.54) is 18.3 Å². The lowest BCUT2D eigenvalue weighted by Crippen LogP contribution is -2.34. The van der Waals surface area contributed by atoms with Crippen molar-refractivity contribution < 1.29 is 0 Å². The third-order valence-corrected chi connectivity index (χ3v) is 5.14. The van der Waals surface area contributed by atoms with Crippen LogP contribution in [0.4, 0.5) is 0 Å². The van der Waals surface area contributed by atoms with E-state index >= 15 is 0 Å². The molecule has 3 rings (SSSR count). The monoisotopic (exact) mass is 178 g/mol. The standard InChI is InChI=1S/C13H22/c1-8-5-10-7-12(10)13(6-8)11-4-3-9(11)2/h8-13H,3-7H2,1-2H3. The van der Waals surface area contributed by atoms with Crippen LogP contribution in [0.1, 0.15) is 46.0 Å². The van der Waals surface area contributed by atoms with Gasteiger partial charge < -0.3 is 0 Å². The van der Waals surface area contributed by atoms with E-state index in [1.54, 1.807) is 25.7 Å². The fourth-order valence-electron chi connectivity index (χ4n) is 4.14. The van der Waals surface area contributed by atoms with Gasteiger partial charge in [-0.15, -0.1) is 0 Å². The Morgan fingerprint density at radius 3 is 2.23 bits per heavy atom. The van der Waals surface area contributed by atoms with Gasteiger partial charge in [0.1, 0.15) is 0 Å². The Morgan fingerprint density at radius 2 is 1.62 bits per heavy atom. The van der Waals surface area contributed by atoms with E-state index in [4.69, 9.17) is 0 Å². The molecule has 74 valence electrons. The maximum Gasteiger partial charge on any atom is -0.0350 e. The summed E-state index contributed by atoms with van der Waals surface area (Å²) in [6.45, 7) is 4.95. The lowest BCUT2D eigenvalue weighted by Gasteiger charge is -2.43. The van der Waals surface area contributed by atoms with E-state index in [2.05, 4.69) is 13.8 Å². The number of fused-ring (bicyclic) bond motifs is 1. The summed E-state index contributed by atoms with van der Waals surface area (Å²) >= 11 is 0. The molecular formula is C13H22. The molecule has 0 nitrogen and oxygen atoms in total. The second kappa shape index (κ2) is 2.74. The summed E-state index contributed by atoms with van der Waals surface area (Å²) < 4.78 is 0. The minimum Gasteiger partial charge on any atom is -0.0625 e. The highest BCUT2D eigenvalue weighted by Gasteiger charge is 2.51. The molecule has 0 saturated heterocycles. The zero-order valence-corrected chi connectivity index (χ0v) is 9.00. The number of hydrogen-bond acceptors (Lipinski definition) is 0. The van der Waals surface area contributed by atoms with Crippen molar-refractivity contribution in [1.29, 1.82) is 0 Å². The van der Waals surface area contributed by atoms with Crippen molar-refractivity contribution in [1.82, 2.24) is 0 Å². The summed E-state index contributed by atoms with van der Waals surface area (Å²) in [6.07, 6.45) is 7.80. The molecule has 3 fully saturated rings. The first kappa shape index (κ1) is 8.32. The van der Waals surface area contributed by atoms with Crippen LogP contribution in [-0.4, -0.2) is 0 Å². The first-order chi connectivity index (χ1) is 6.25. The SMILES string of the molecule is CC1CC2CC2C(C2CCC2C)C1. The zero-order chi connectivity index (χ0) is 9.00. The average Bonchev–Trinajstić information content (AvgIpc) is 2.80. The van der Waals surface area contributed by atoms with Crippen molar-refractivity contribution in [3.8, 4) is 0 Å². The van der Waals surface area contributed by atoms with Crippen LogP contribution in [0.2, 0.25) is 0 Å². The Hall–Kier alpha value is 0. The normalized spacial score (nSPS) is 59.5. The summed E-state index contributed by atoms with van der Waals surface area (Å²) in [5, 5.41) is 0. The van der Waals surface area contributed by atoms with Gasteiger partial charge in [0.2, 0.25) is 0 Å². The topological polar surface area (TPSA) is 0 Å². The molecule has 0 bridgehead atoms. The van der Waals surface area contributed by atoms with Crippen LogP contribution in [0, 0.1) is 35.5 Å². The van der Waals surface area contributed by atoms with Gasteiger partial charge in [0.15, 0.2) is 0 Å². The Kier molecular flexibility index (Phi) is 1.76. The third kappa shape index (κ3) is 1.25. The van der Waals surface area contributed by atoms with Crippen molar-refractivity contribution >= 4 is 0 Å². The molecule has 0 aromatic carbocycles. The molecule has 6 atom stereocenters. The Labute approximate surface area is 82.1 Å². The van der Waals surface area contributed by atoms with Gasteiger partial charge in [0, 0.05) is 0 Å². The summed E-state index contributed by atoms with van der Waals surface area (Å²) in [6, 6.07) is 0. The van der Waals surface area contributed by atoms with Gasteiger partial charge in [0.05, 0.1) is 0 Å². The number of hydrogen-bond donors (Lipinski definition) is 0. The van der Waals surface area contributed by atoms with E-state index in [1.807, 2.05) is 0 Å². The molecular weight excluding hydrogens is 156 g/mol. The van der Waals surface area contributed by atoms with E-state index in [0.29, 0.717) is 0 Å². The molecule has 3 aliphatic carbocycles. The smallest absolute Gasteiger partial charge is 0.0350 e. The van der Waals surface area contributed by atoms with Crippen molar-refractivity contribution in [3.05, 3.63) is 0 Å². The lowest BCUT2D eigenvalue weighted by molar-refractivity contribution is 0.0678. The second-order valence-corrected chi connectivity index (χ2v) is 6.12. The predicted molar refractivity (Wildman–Crippen MR) is 55.4 cm³/mol. The first-order valence-corrected chi connectivity index (χ1v) is 6.25. The molecule has 0 aromatic rings.